The van der Waals surface area contributed by atoms with Crippen LogP contribution in [0.1, 0.15) is 160 Å². The Balaban J connectivity index is 3.00. The summed E-state index contributed by atoms with van der Waals surface area (Å²) in [6, 6.07) is -4.75. The Bertz CT molecular complexity index is 2700. The number of carbonyl (C=O) groups excluding carboxylic acids is 11. The van der Waals surface area contributed by atoms with Gasteiger partial charge in [-0.1, -0.05) is 133 Å². The number of rotatable bonds is 16. The third kappa shape index (κ3) is 22.4. The highest BCUT2D eigenvalue weighted by Crippen LogP contribution is 2.26. The minimum atomic E-state index is -1.65. The molecule has 23 heteroatoms. The lowest BCUT2D eigenvalue weighted by Gasteiger charge is -2.41. The number of nitrogens with one attached hydrogen (secondary N) is 4. The maximum absolute atomic E-state index is 15.4. The van der Waals surface area contributed by atoms with Crippen molar-refractivity contribution in [3.63, 3.8) is 0 Å². The number of likely N-dealkylation sites (N-methyl/N-ethyl adjacent to an activating group) is 7. The van der Waals surface area contributed by atoms with Gasteiger partial charge in [-0.2, -0.15) is 0 Å². The fourth-order valence-corrected chi connectivity index (χ4v) is 11.5. The number of hydrogen-bond donors (Lipinski definition) is 5. The quantitative estimate of drug-likeness (QED) is 0.151. The first-order chi connectivity index (χ1) is 42.1. The predicted molar refractivity (Wildman–Crippen MR) is 354 cm³/mol. The summed E-state index contributed by atoms with van der Waals surface area (Å²) in [5, 5.41) is 23.4. The molecule has 23 nitrogen and oxygen atoms in total. The minimum absolute atomic E-state index is 0.00957. The second-order valence-corrected chi connectivity index (χ2v) is 27.8. The first-order valence-electron chi connectivity index (χ1n) is 32.6. The van der Waals surface area contributed by atoms with Crippen molar-refractivity contribution in [2.75, 3.05) is 55.9 Å². The number of amides is 11. The highest BCUT2D eigenvalue weighted by atomic mass is 16.3. The van der Waals surface area contributed by atoms with E-state index in [4.69, 9.17) is 0 Å². The molecule has 1 unspecified atom stereocenters. The molecule has 5 N–H and O–H groups in total. The van der Waals surface area contributed by atoms with E-state index in [0.29, 0.717) is 0 Å². The molecule has 0 saturated carbocycles. The molecule has 0 aromatic heterocycles. The molecule has 1 fully saturated rings. The molecule has 11 amide bonds. The topological polar surface area (TPSA) is 279 Å². The van der Waals surface area contributed by atoms with E-state index in [1.807, 2.05) is 98.7 Å². The summed E-state index contributed by atoms with van der Waals surface area (Å²) in [4.78, 5) is 170. The van der Waals surface area contributed by atoms with Crippen molar-refractivity contribution >= 4 is 71.1 Å². The number of aliphatic hydroxyl groups is 1. The van der Waals surface area contributed by atoms with Crippen LogP contribution in [0.2, 0.25) is 0 Å². The van der Waals surface area contributed by atoms with Gasteiger partial charge in [-0.05, 0) is 112 Å². The number of carbonyl (C=O) groups is 11. The van der Waals surface area contributed by atoms with Gasteiger partial charge in [0.25, 0.3) is 0 Å². The molecule has 1 aliphatic rings. The largest absolute Gasteiger partial charge is 0.390 e. The summed E-state index contributed by atoms with van der Waals surface area (Å²) < 4.78 is 0. The summed E-state index contributed by atoms with van der Waals surface area (Å²) in [7, 11) is 9.94. The van der Waals surface area contributed by atoms with Crippen molar-refractivity contribution in [2.24, 2.45) is 41.4 Å². The van der Waals surface area contributed by atoms with Crippen molar-refractivity contribution in [3.05, 3.63) is 41.5 Å². The summed E-state index contributed by atoms with van der Waals surface area (Å²) in [5.74, 6) is -9.89. The Morgan fingerprint density at radius 2 is 0.923 bits per heavy atom. The lowest BCUT2D eigenvalue weighted by molar-refractivity contribution is -0.157. The van der Waals surface area contributed by atoms with E-state index in [1.165, 1.54) is 87.7 Å². The van der Waals surface area contributed by atoms with Gasteiger partial charge in [0.15, 0.2) is 0 Å². The van der Waals surface area contributed by atoms with Crippen LogP contribution in [-0.4, -0.2) is 227 Å². The summed E-state index contributed by atoms with van der Waals surface area (Å²) >= 11 is 0. The van der Waals surface area contributed by atoms with Gasteiger partial charge in [-0.15, -0.1) is 0 Å². The minimum Gasteiger partial charge on any atom is -0.390 e. The normalized spacial score (nSPS) is 25.9. The van der Waals surface area contributed by atoms with Crippen LogP contribution in [0.3, 0.4) is 0 Å². The molecule has 0 bridgehead atoms. The van der Waals surface area contributed by atoms with Crippen LogP contribution in [0.25, 0.3) is 6.08 Å². The second-order valence-electron chi connectivity index (χ2n) is 27.8. The maximum atomic E-state index is 15.4. The maximum Gasteiger partial charge on any atom is 0.246 e. The van der Waals surface area contributed by atoms with E-state index in [-0.39, 0.29) is 62.2 Å². The predicted octanol–water partition coefficient (Wildman–Crippen LogP) is 4.71. The zero-order valence-electron chi connectivity index (χ0n) is 59.4. The molecule has 1 aliphatic heterocycles. The van der Waals surface area contributed by atoms with Crippen LogP contribution in [0.15, 0.2) is 30.3 Å². The van der Waals surface area contributed by atoms with Crippen molar-refractivity contribution in [2.45, 2.75) is 223 Å². The van der Waals surface area contributed by atoms with Crippen LogP contribution >= 0.6 is 0 Å². The van der Waals surface area contributed by atoms with Crippen LogP contribution in [0, 0.1) is 48.3 Å². The molecule has 1 aromatic carbocycles. The van der Waals surface area contributed by atoms with Crippen LogP contribution in [0.4, 0.5) is 0 Å². The van der Waals surface area contributed by atoms with Gasteiger partial charge < -0.3 is 60.7 Å². The molecular weight excluding hydrogens is 1160 g/mol. The fourth-order valence-electron chi connectivity index (χ4n) is 11.5. The lowest BCUT2D eigenvalue weighted by Crippen LogP contribution is -2.63. The highest BCUT2D eigenvalue weighted by molar-refractivity contribution is 5.99. The van der Waals surface area contributed by atoms with E-state index in [9.17, 15) is 38.7 Å². The first-order valence-corrected chi connectivity index (χ1v) is 32.6. The molecule has 12 atom stereocenters. The Morgan fingerprint density at radius 1 is 0.484 bits per heavy atom. The average molecular weight is 1280 g/mol. The SMILES string of the molecule is CC[C@@H]1NC(=O)[C@H]([C@H](O)[C@H](C)C/C=C/c2ccccc2C)N(C)C(=O)[C@H](C(C)C)N(C)C(=O)C(CC(C)C)N(C)C(=O)[C@@H](CC(C)C)N(C)C(=O)[C@@H](C)NC(=O)[C@H](C)NC(=O)[C@@H](CC(C)C)N(C)C(=O)[C@H](C(C)C)NC(=O)[C@H](CC(C)C)N(C)C(=O)CN(C)C1=O. The molecule has 0 spiro atoms. The van der Waals surface area contributed by atoms with Crippen LogP contribution < -0.4 is 21.3 Å². The fraction of sp³-hybridized carbons (Fsp3) is 0.721. The number of aliphatic hydroxyl groups excluding tert-OH is 1. The Labute approximate surface area is 543 Å². The molecule has 0 aliphatic carbocycles. The van der Waals surface area contributed by atoms with Gasteiger partial charge in [0, 0.05) is 49.3 Å². The summed E-state index contributed by atoms with van der Waals surface area (Å²) in [6.45, 7) is 29.5. The van der Waals surface area contributed by atoms with E-state index in [0.717, 1.165) is 20.9 Å². The van der Waals surface area contributed by atoms with E-state index >= 15 is 19.2 Å². The molecule has 514 valence electrons. The number of aryl methyl sites for hydroxylation is 1. The molecule has 0 radical (unpaired) electrons. The van der Waals surface area contributed by atoms with Crippen LogP contribution in [-0.2, 0) is 52.7 Å². The summed E-state index contributed by atoms with van der Waals surface area (Å²) in [5.41, 5.74) is 1.96. The van der Waals surface area contributed by atoms with Gasteiger partial charge in [0.1, 0.15) is 60.4 Å². The zero-order valence-corrected chi connectivity index (χ0v) is 59.4. The molecule has 1 heterocycles. The van der Waals surface area contributed by atoms with Gasteiger partial charge in [-0.25, -0.2) is 0 Å². The summed E-state index contributed by atoms with van der Waals surface area (Å²) in [6.07, 6.45) is 3.07. The number of benzene rings is 1. The lowest BCUT2D eigenvalue weighted by atomic mass is 9.91. The van der Waals surface area contributed by atoms with Gasteiger partial charge in [0.05, 0.1) is 12.6 Å². The van der Waals surface area contributed by atoms with Gasteiger partial charge >= 0.3 is 0 Å². The Kier molecular flexibility index (Phi) is 32.0. The number of hydrogen-bond acceptors (Lipinski definition) is 12. The monoisotopic (exact) mass is 1280 g/mol. The molecule has 1 saturated heterocycles. The number of allylic oxidation sites excluding steroid dienone is 1. The van der Waals surface area contributed by atoms with Crippen molar-refractivity contribution in [3.8, 4) is 0 Å². The first kappa shape index (κ1) is 80.2. The van der Waals surface area contributed by atoms with E-state index < -0.39 is 156 Å². The second kappa shape index (κ2) is 36.4. The average Bonchev–Trinajstić information content (AvgIpc) is 0.880. The van der Waals surface area contributed by atoms with Gasteiger partial charge in [-0.3, -0.25) is 52.7 Å². The van der Waals surface area contributed by atoms with Crippen molar-refractivity contribution in [1.29, 1.82) is 0 Å². The van der Waals surface area contributed by atoms with Crippen molar-refractivity contribution < 1.29 is 57.8 Å². The van der Waals surface area contributed by atoms with E-state index in [2.05, 4.69) is 21.3 Å². The third-order valence-electron chi connectivity index (χ3n) is 17.3. The smallest absolute Gasteiger partial charge is 0.246 e. The molecule has 2 rings (SSSR count). The van der Waals surface area contributed by atoms with E-state index in [1.54, 1.807) is 41.5 Å². The van der Waals surface area contributed by atoms with Crippen LogP contribution in [0.5, 0.6) is 0 Å². The molecule has 91 heavy (non-hydrogen) atoms. The van der Waals surface area contributed by atoms with Crippen molar-refractivity contribution in [1.82, 2.24) is 55.6 Å². The zero-order chi connectivity index (χ0) is 70.0. The molecule has 1 aromatic rings. The molecular formula is C68H115N11O12. The number of nitrogens with zero attached hydrogens (tertiary/aromatic N) is 7. The highest BCUT2D eigenvalue weighted by Gasteiger charge is 2.46. The third-order valence-corrected chi connectivity index (χ3v) is 17.3. The standard InChI is InChI=1S/C68H115N11O12/c1-25-49-64(87)73(18)37-54(80)74(19)50(33-38(2)3)61(84)72-55(42(10)11)67(90)75(20)51(34-39(4)5)60(83)69-46(16)59(82)70-47(17)63(86)76(21)52(35-40(6)7)65(88)77(22)53(36-41(8)9)66(89)78(23)56(43(12)13)68(91)79(24)57(62(85)71-49)58(81)45(15)30-28-32-48-31-27-26-29-44(48)14/h26-29,31-32,38-43,45-47,49-53,55-58,81H,25,30,33-37H2,1-24H3,(H,69,83)(H,70,82)(H,71,85)(H,72,84)/b32-28+/t45-,46+,47-,49+,50+,51-,52-,53?,55+,56+,57+,58-/m1/s1. The Hall–Kier alpha value is -6.91. The van der Waals surface area contributed by atoms with Gasteiger partial charge in [0.2, 0.25) is 65.0 Å². The Morgan fingerprint density at radius 3 is 1.41 bits per heavy atom.